The molecule has 1 unspecified atom stereocenters. The first-order chi connectivity index (χ1) is 12.8. The number of hydroxylamine groups is 1. The number of sulfonamides is 1. The molecule has 1 amide bonds. The number of halogens is 1. The number of hydrogen-bond donors (Lipinski definition) is 0. The normalized spacial score (nSPS) is 21.8. The van der Waals surface area contributed by atoms with Crippen molar-refractivity contribution < 1.29 is 27.5 Å². The number of ether oxygens (including phenoxy) is 2. The van der Waals surface area contributed by atoms with Crippen LogP contribution in [0.2, 0.25) is 5.02 Å². The minimum atomic E-state index is -3.96. The van der Waals surface area contributed by atoms with E-state index in [0.717, 1.165) is 12.8 Å². The molecule has 1 aromatic carbocycles. The molecular weight excluding hydrogens is 396 g/mol. The molecule has 2 fully saturated rings. The molecule has 0 radical (unpaired) electrons. The van der Waals surface area contributed by atoms with Crippen molar-refractivity contribution in [3.8, 4) is 0 Å². The molecule has 1 atom stereocenters. The predicted octanol–water partition coefficient (Wildman–Crippen LogP) is 1.75. The van der Waals surface area contributed by atoms with Crippen LogP contribution >= 0.6 is 11.6 Å². The predicted molar refractivity (Wildman–Crippen MR) is 97.7 cm³/mol. The van der Waals surface area contributed by atoms with Gasteiger partial charge in [-0.2, -0.15) is 0 Å². The van der Waals surface area contributed by atoms with Gasteiger partial charge in [0.25, 0.3) is 15.9 Å². The molecule has 0 saturated carbocycles. The van der Waals surface area contributed by atoms with E-state index >= 15 is 0 Å². The SMILES string of the molecule is CON(C)S(=O)(=O)c1cc(C(=O)N2CCCC(C3OCCO3)C2)ccc1Cl. The number of rotatable bonds is 5. The van der Waals surface area contributed by atoms with E-state index in [2.05, 4.69) is 0 Å². The van der Waals surface area contributed by atoms with E-state index in [0.29, 0.717) is 30.8 Å². The van der Waals surface area contributed by atoms with Crippen molar-refractivity contribution in [3.63, 3.8) is 0 Å². The number of nitrogens with zero attached hydrogens (tertiary/aromatic N) is 2. The number of carbonyl (C=O) groups is 1. The van der Waals surface area contributed by atoms with Crippen molar-refractivity contribution in [3.05, 3.63) is 28.8 Å². The summed E-state index contributed by atoms with van der Waals surface area (Å²) in [5.74, 6) is -0.133. The third kappa shape index (κ3) is 4.28. The first-order valence-corrected chi connectivity index (χ1v) is 10.5. The standard InChI is InChI=1S/C17H23ClN2O6S/c1-19(24-2)27(22,23)15-10-12(5-6-14(15)18)16(21)20-7-3-4-13(11-20)17-25-8-9-26-17/h5-6,10,13,17H,3-4,7-9,11H2,1-2H3. The lowest BCUT2D eigenvalue weighted by atomic mass is 9.96. The molecule has 27 heavy (non-hydrogen) atoms. The fraction of sp³-hybridized carbons (Fsp3) is 0.588. The molecule has 2 aliphatic heterocycles. The molecular formula is C17H23ClN2O6S. The Kier molecular flexibility index (Phi) is 6.39. The van der Waals surface area contributed by atoms with Crippen LogP contribution in [0.1, 0.15) is 23.2 Å². The Bertz CT molecular complexity index is 797. The van der Waals surface area contributed by atoms with Crippen LogP contribution in [0.5, 0.6) is 0 Å². The maximum atomic E-state index is 13.0. The number of carbonyl (C=O) groups excluding carboxylic acids is 1. The summed E-state index contributed by atoms with van der Waals surface area (Å²) >= 11 is 6.06. The van der Waals surface area contributed by atoms with E-state index in [1.807, 2.05) is 0 Å². The van der Waals surface area contributed by atoms with Crippen molar-refractivity contribution >= 4 is 27.5 Å². The second-order valence-corrected chi connectivity index (χ2v) is 8.82. The summed E-state index contributed by atoms with van der Waals surface area (Å²) < 4.78 is 36.9. The van der Waals surface area contributed by atoms with Gasteiger partial charge in [-0.05, 0) is 31.0 Å². The molecule has 10 heteroatoms. The Labute approximate surface area is 163 Å². The molecule has 0 bridgehead atoms. The van der Waals surface area contributed by atoms with Gasteiger partial charge in [0.1, 0.15) is 4.90 Å². The fourth-order valence-electron chi connectivity index (χ4n) is 3.32. The van der Waals surface area contributed by atoms with E-state index in [1.165, 1.54) is 32.4 Å². The smallest absolute Gasteiger partial charge is 0.266 e. The monoisotopic (exact) mass is 418 g/mol. The number of benzene rings is 1. The summed E-state index contributed by atoms with van der Waals surface area (Å²) in [4.78, 5) is 19.3. The van der Waals surface area contributed by atoms with Gasteiger partial charge >= 0.3 is 0 Å². The molecule has 1 aromatic rings. The van der Waals surface area contributed by atoms with Crippen molar-refractivity contribution in [2.45, 2.75) is 24.0 Å². The zero-order valence-electron chi connectivity index (χ0n) is 15.3. The van der Waals surface area contributed by atoms with Gasteiger partial charge in [-0.3, -0.25) is 9.63 Å². The molecule has 2 aliphatic rings. The highest BCUT2D eigenvalue weighted by molar-refractivity contribution is 7.89. The number of piperidine rings is 1. The van der Waals surface area contributed by atoms with Crippen LogP contribution in [0.4, 0.5) is 0 Å². The highest BCUT2D eigenvalue weighted by Gasteiger charge is 2.33. The van der Waals surface area contributed by atoms with Crippen LogP contribution in [0, 0.1) is 5.92 Å². The molecule has 2 saturated heterocycles. The molecule has 0 spiro atoms. The second-order valence-electron chi connectivity index (χ2n) is 6.51. The molecule has 2 heterocycles. The maximum absolute atomic E-state index is 13.0. The fourth-order valence-corrected chi connectivity index (χ4v) is 4.79. The zero-order valence-corrected chi connectivity index (χ0v) is 16.8. The summed E-state index contributed by atoms with van der Waals surface area (Å²) in [6.07, 6.45) is 1.48. The lowest BCUT2D eigenvalue weighted by Crippen LogP contribution is -2.43. The molecule has 0 N–H and O–H groups in total. The van der Waals surface area contributed by atoms with E-state index < -0.39 is 10.0 Å². The summed E-state index contributed by atoms with van der Waals surface area (Å²) in [6, 6.07) is 4.24. The maximum Gasteiger partial charge on any atom is 0.266 e. The topological polar surface area (TPSA) is 85.4 Å². The number of amides is 1. The summed E-state index contributed by atoms with van der Waals surface area (Å²) in [5, 5.41) is 0.0275. The van der Waals surface area contributed by atoms with Gasteiger partial charge in [0.2, 0.25) is 0 Å². The lowest BCUT2D eigenvalue weighted by Gasteiger charge is -2.34. The van der Waals surface area contributed by atoms with Crippen molar-refractivity contribution in [2.75, 3.05) is 40.5 Å². The Hall–Kier alpha value is -1.23. The first kappa shape index (κ1) is 20.5. The largest absolute Gasteiger partial charge is 0.350 e. The molecule has 0 aliphatic carbocycles. The minimum Gasteiger partial charge on any atom is -0.350 e. The highest BCUT2D eigenvalue weighted by atomic mass is 35.5. The van der Waals surface area contributed by atoms with Gasteiger partial charge in [-0.15, -0.1) is 0 Å². The number of likely N-dealkylation sites (tertiary alicyclic amines) is 1. The first-order valence-electron chi connectivity index (χ1n) is 8.69. The van der Waals surface area contributed by atoms with E-state index in [4.69, 9.17) is 25.9 Å². The highest BCUT2D eigenvalue weighted by Crippen LogP contribution is 2.28. The van der Waals surface area contributed by atoms with Gasteiger partial charge in [0.05, 0.1) is 25.3 Å². The van der Waals surface area contributed by atoms with Gasteiger partial charge in [-0.1, -0.05) is 16.1 Å². The van der Waals surface area contributed by atoms with Crippen LogP contribution in [0.15, 0.2) is 23.1 Å². The van der Waals surface area contributed by atoms with E-state index in [-0.39, 0.29) is 33.6 Å². The lowest BCUT2D eigenvalue weighted by molar-refractivity contribution is -0.0969. The van der Waals surface area contributed by atoms with Gasteiger partial charge in [0.15, 0.2) is 6.29 Å². The van der Waals surface area contributed by atoms with Crippen molar-refractivity contribution in [2.24, 2.45) is 5.92 Å². The zero-order chi connectivity index (χ0) is 19.6. The van der Waals surface area contributed by atoms with Crippen LogP contribution in [0.3, 0.4) is 0 Å². The van der Waals surface area contributed by atoms with Gasteiger partial charge in [0, 0.05) is 31.6 Å². The third-order valence-electron chi connectivity index (χ3n) is 4.83. The van der Waals surface area contributed by atoms with Crippen molar-refractivity contribution in [1.82, 2.24) is 9.37 Å². The summed E-state index contributed by atoms with van der Waals surface area (Å²) in [6.45, 7) is 2.25. The van der Waals surface area contributed by atoms with E-state index in [1.54, 1.807) is 4.90 Å². The Morgan fingerprint density at radius 3 is 2.70 bits per heavy atom. The number of hydrogen-bond acceptors (Lipinski definition) is 6. The quantitative estimate of drug-likeness (QED) is 0.677. The Morgan fingerprint density at radius 1 is 1.33 bits per heavy atom. The minimum absolute atomic E-state index is 0.0275. The van der Waals surface area contributed by atoms with Crippen LogP contribution in [-0.4, -0.2) is 70.4 Å². The van der Waals surface area contributed by atoms with Gasteiger partial charge < -0.3 is 14.4 Å². The Morgan fingerprint density at radius 2 is 2.04 bits per heavy atom. The van der Waals surface area contributed by atoms with Crippen LogP contribution in [0.25, 0.3) is 0 Å². The summed E-state index contributed by atoms with van der Waals surface area (Å²) in [5.41, 5.74) is 0.261. The van der Waals surface area contributed by atoms with Crippen LogP contribution < -0.4 is 0 Å². The Balaban J connectivity index is 1.81. The van der Waals surface area contributed by atoms with E-state index in [9.17, 15) is 13.2 Å². The average Bonchev–Trinajstić information content (AvgIpc) is 3.22. The van der Waals surface area contributed by atoms with Crippen molar-refractivity contribution in [1.29, 1.82) is 0 Å². The molecule has 3 rings (SSSR count). The average molecular weight is 419 g/mol. The third-order valence-corrected chi connectivity index (χ3v) is 6.99. The molecule has 150 valence electrons. The second kappa shape index (κ2) is 8.42. The van der Waals surface area contributed by atoms with Crippen LogP contribution in [-0.2, 0) is 24.3 Å². The molecule has 8 nitrogen and oxygen atoms in total. The van der Waals surface area contributed by atoms with Gasteiger partial charge in [-0.25, -0.2) is 8.42 Å². The molecule has 0 aromatic heterocycles. The summed E-state index contributed by atoms with van der Waals surface area (Å²) in [7, 11) is -1.46.